The molecule has 0 radical (unpaired) electrons. The van der Waals surface area contributed by atoms with Crippen molar-refractivity contribution in [2.24, 2.45) is 0 Å². The summed E-state index contributed by atoms with van der Waals surface area (Å²) < 4.78 is 0. The lowest BCUT2D eigenvalue weighted by molar-refractivity contribution is 0.0988. The van der Waals surface area contributed by atoms with Crippen LogP contribution in [-0.2, 0) is 6.42 Å². The molecule has 0 bridgehead atoms. The number of nitrogens with one attached hydrogen (secondary N) is 1. The fourth-order valence-electron chi connectivity index (χ4n) is 1.76. The number of carbonyl (C=O) groups is 1. The van der Waals surface area contributed by atoms with Crippen molar-refractivity contribution in [2.45, 2.75) is 13.3 Å². The summed E-state index contributed by atoms with van der Waals surface area (Å²) in [5, 5.41) is 3.23. The lowest BCUT2D eigenvalue weighted by atomic mass is 10.1. The number of aromatic nitrogens is 3. The Kier molecular flexibility index (Phi) is 4.06. The minimum Gasteiger partial charge on any atom is -0.373 e. The fourth-order valence-corrected chi connectivity index (χ4v) is 1.97. The Bertz CT molecular complexity index is 615. The van der Waals surface area contributed by atoms with E-state index in [1.54, 1.807) is 13.2 Å². The predicted molar refractivity (Wildman–Crippen MR) is 73.6 cm³/mol. The molecule has 0 aliphatic heterocycles. The first-order valence-corrected chi connectivity index (χ1v) is 6.11. The summed E-state index contributed by atoms with van der Waals surface area (Å²) >= 11 is 5.91. The molecule has 2 aromatic rings. The van der Waals surface area contributed by atoms with Gasteiger partial charge >= 0.3 is 0 Å². The average Bonchev–Trinajstić information content (AvgIpc) is 2.39. The number of nitrogens with zero attached hydrogens (tertiary/aromatic N) is 3. The summed E-state index contributed by atoms with van der Waals surface area (Å²) in [6.07, 6.45) is 4.67. The SMILES string of the molecule is CNc1ncc(C)cc1CC(=O)c1ncncc1Cl. The van der Waals surface area contributed by atoms with Gasteiger partial charge in [0.2, 0.25) is 0 Å². The first kappa shape index (κ1) is 13.4. The zero-order chi connectivity index (χ0) is 13.8. The van der Waals surface area contributed by atoms with Crippen molar-refractivity contribution in [1.29, 1.82) is 0 Å². The van der Waals surface area contributed by atoms with Crippen LogP contribution in [0.25, 0.3) is 0 Å². The van der Waals surface area contributed by atoms with E-state index >= 15 is 0 Å². The standard InChI is InChI=1S/C13H13ClN4O/c1-8-3-9(13(15-2)17-5-8)4-11(19)12-10(14)6-16-7-18-12/h3,5-7H,4H2,1-2H3,(H,15,17). The number of hydrogen-bond acceptors (Lipinski definition) is 5. The average molecular weight is 277 g/mol. The highest BCUT2D eigenvalue weighted by Gasteiger charge is 2.15. The summed E-state index contributed by atoms with van der Waals surface area (Å²) in [5.74, 6) is 0.528. The normalized spacial score (nSPS) is 10.3. The quantitative estimate of drug-likeness (QED) is 0.868. The molecule has 98 valence electrons. The first-order chi connectivity index (χ1) is 9.11. The molecule has 0 fully saturated rings. The van der Waals surface area contributed by atoms with E-state index in [9.17, 15) is 4.79 Å². The Morgan fingerprint density at radius 1 is 1.37 bits per heavy atom. The van der Waals surface area contributed by atoms with Crippen LogP contribution >= 0.6 is 11.6 Å². The van der Waals surface area contributed by atoms with Crippen LogP contribution in [0.15, 0.2) is 24.8 Å². The second-order valence-corrected chi connectivity index (χ2v) is 4.50. The van der Waals surface area contributed by atoms with Crippen molar-refractivity contribution < 1.29 is 4.79 Å². The molecule has 0 aliphatic carbocycles. The van der Waals surface area contributed by atoms with Crippen molar-refractivity contribution in [3.63, 3.8) is 0 Å². The van der Waals surface area contributed by atoms with Crippen molar-refractivity contribution in [1.82, 2.24) is 15.0 Å². The molecule has 0 aliphatic rings. The molecule has 6 heteroatoms. The van der Waals surface area contributed by atoms with E-state index in [-0.39, 0.29) is 22.9 Å². The van der Waals surface area contributed by atoms with Gasteiger partial charge < -0.3 is 5.32 Å². The number of halogens is 1. The lowest BCUT2D eigenvalue weighted by Gasteiger charge is -2.08. The topological polar surface area (TPSA) is 67.8 Å². The first-order valence-electron chi connectivity index (χ1n) is 5.73. The molecular weight excluding hydrogens is 264 g/mol. The van der Waals surface area contributed by atoms with E-state index < -0.39 is 0 Å². The minimum atomic E-state index is -0.156. The van der Waals surface area contributed by atoms with Crippen molar-refractivity contribution in [3.05, 3.63) is 46.6 Å². The van der Waals surface area contributed by atoms with Gasteiger partial charge in [-0.15, -0.1) is 0 Å². The molecule has 0 atom stereocenters. The Morgan fingerprint density at radius 3 is 2.84 bits per heavy atom. The van der Waals surface area contributed by atoms with Gasteiger partial charge in [-0.3, -0.25) is 4.79 Å². The van der Waals surface area contributed by atoms with E-state index in [0.717, 1.165) is 11.1 Å². The van der Waals surface area contributed by atoms with E-state index in [2.05, 4.69) is 20.3 Å². The number of ketones is 1. The molecule has 0 unspecified atom stereocenters. The third-order valence-corrected chi connectivity index (χ3v) is 2.90. The maximum Gasteiger partial charge on any atom is 0.187 e. The summed E-state index contributed by atoms with van der Waals surface area (Å²) in [6, 6.07) is 1.92. The zero-order valence-corrected chi connectivity index (χ0v) is 11.4. The van der Waals surface area contributed by atoms with Crippen LogP contribution in [0.5, 0.6) is 0 Å². The van der Waals surface area contributed by atoms with Crippen LogP contribution in [0, 0.1) is 6.92 Å². The van der Waals surface area contributed by atoms with Gasteiger partial charge in [-0.1, -0.05) is 17.7 Å². The second kappa shape index (κ2) is 5.75. The predicted octanol–water partition coefficient (Wildman–Crippen LogP) is 2.30. The van der Waals surface area contributed by atoms with Gasteiger partial charge in [-0.25, -0.2) is 15.0 Å². The van der Waals surface area contributed by atoms with Gasteiger partial charge in [0.25, 0.3) is 0 Å². The zero-order valence-electron chi connectivity index (χ0n) is 10.6. The van der Waals surface area contributed by atoms with Gasteiger partial charge in [-0.2, -0.15) is 0 Å². The largest absolute Gasteiger partial charge is 0.373 e. The molecule has 0 spiro atoms. The highest BCUT2D eigenvalue weighted by molar-refractivity contribution is 6.33. The minimum absolute atomic E-state index is 0.156. The molecule has 0 saturated heterocycles. The number of pyridine rings is 1. The van der Waals surface area contributed by atoms with Crippen LogP contribution < -0.4 is 5.32 Å². The van der Waals surface area contributed by atoms with Gasteiger partial charge in [0.1, 0.15) is 17.8 Å². The van der Waals surface area contributed by atoms with Crippen molar-refractivity contribution >= 4 is 23.2 Å². The van der Waals surface area contributed by atoms with E-state index in [1.807, 2.05) is 13.0 Å². The Balaban J connectivity index is 2.29. The molecular formula is C13H13ClN4O. The molecule has 0 aromatic carbocycles. The molecule has 0 saturated carbocycles. The molecule has 2 heterocycles. The van der Waals surface area contributed by atoms with Crippen LogP contribution in [0.3, 0.4) is 0 Å². The third-order valence-electron chi connectivity index (χ3n) is 2.62. The Labute approximate surface area is 116 Å². The highest BCUT2D eigenvalue weighted by Crippen LogP contribution is 2.18. The fraction of sp³-hybridized carbons (Fsp3) is 0.231. The van der Waals surface area contributed by atoms with E-state index in [4.69, 9.17) is 11.6 Å². The number of hydrogen-bond donors (Lipinski definition) is 1. The molecule has 2 rings (SSSR count). The summed E-state index contributed by atoms with van der Waals surface area (Å²) in [4.78, 5) is 24.1. The number of aryl methyl sites for hydroxylation is 1. The van der Waals surface area contributed by atoms with Crippen molar-refractivity contribution in [2.75, 3.05) is 12.4 Å². The highest BCUT2D eigenvalue weighted by atomic mass is 35.5. The monoisotopic (exact) mass is 276 g/mol. The van der Waals surface area contributed by atoms with E-state index in [1.165, 1.54) is 12.5 Å². The van der Waals surface area contributed by atoms with Gasteiger partial charge in [0, 0.05) is 31.4 Å². The van der Waals surface area contributed by atoms with Gasteiger partial charge in [-0.05, 0) is 12.5 Å². The third kappa shape index (κ3) is 3.06. The second-order valence-electron chi connectivity index (χ2n) is 4.09. The maximum absolute atomic E-state index is 12.2. The van der Waals surface area contributed by atoms with Crippen LogP contribution in [0.1, 0.15) is 21.6 Å². The lowest BCUT2D eigenvalue weighted by Crippen LogP contribution is -2.10. The van der Waals surface area contributed by atoms with E-state index in [0.29, 0.717) is 5.82 Å². The van der Waals surface area contributed by atoms with Gasteiger partial charge in [0.15, 0.2) is 5.78 Å². The molecule has 19 heavy (non-hydrogen) atoms. The van der Waals surface area contributed by atoms with Crippen LogP contribution in [0.4, 0.5) is 5.82 Å². The molecule has 0 amide bonds. The smallest absolute Gasteiger partial charge is 0.187 e. The molecule has 2 aromatic heterocycles. The number of anilines is 1. The van der Waals surface area contributed by atoms with Crippen molar-refractivity contribution in [3.8, 4) is 0 Å². The number of Topliss-reactive ketones (excluding diaryl/α,β-unsaturated/α-hetero) is 1. The summed E-state index contributed by atoms with van der Waals surface area (Å²) in [6.45, 7) is 1.93. The molecule has 1 N–H and O–H groups in total. The number of rotatable bonds is 4. The van der Waals surface area contributed by atoms with Gasteiger partial charge in [0.05, 0.1) is 5.02 Å². The van der Waals surface area contributed by atoms with Crippen LogP contribution in [-0.4, -0.2) is 27.8 Å². The Morgan fingerprint density at radius 2 is 2.16 bits per heavy atom. The molecule has 5 nitrogen and oxygen atoms in total. The number of carbonyl (C=O) groups excluding carboxylic acids is 1. The summed E-state index contributed by atoms with van der Waals surface area (Å²) in [7, 11) is 1.77. The Hall–Kier alpha value is -2.01. The van der Waals surface area contributed by atoms with Crippen LogP contribution in [0.2, 0.25) is 5.02 Å². The summed E-state index contributed by atoms with van der Waals surface area (Å²) in [5.41, 5.74) is 2.05. The maximum atomic E-state index is 12.2.